The average molecular weight is 272 g/mol. The first-order valence-electron chi connectivity index (χ1n) is 6.73. The van der Waals surface area contributed by atoms with Gasteiger partial charge in [0, 0.05) is 25.1 Å². The number of hydrogen-bond donors (Lipinski definition) is 2. The van der Waals surface area contributed by atoms with E-state index in [1.54, 1.807) is 7.11 Å². The summed E-state index contributed by atoms with van der Waals surface area (Å²) in [6.07, 6.45) is 2.60. The van der Waals surface area contributed by atoms with Crippen molar-refractivity contribution < 1.29 is 4.74 Å². The molecule has 5 heteroatoms. The van der Waals surface area contributed by atoms with Gasteiger partial charge < -0.3 is 15.8 Å². The second kappa shape index (κ2) is 6.86. The van der Waals surface area contributed by atoms with Gasteiger partial charge in [0.05, 0.1) is 19.0 Å². The lowest BCUT2D eigenvalue weighted by atomic mass is 10.1. The third-order valence-corrected chi connectivity index (χ3v) is 2.98. The zero-order valence-corrected chi connectivity index (χ0v) is 11.9. The standard InChI is InChI=1S/C15H20N4O/c1-3-14-18-10-12(17-9-8-16)15(19-14)11-6-4-5-7-13(11)20-2/h4-7,10,17H,3,8-9,16H2,1-2H3. The molecule has 20 heavy (non-hydrogen) atoms. The highest BCUT2D eigenvalue weighted by atomic mass is 16.5. The predicted molar refractivity (Wildman–Crippen MR) is 80.9 cm³/mol. The van der Waals surface area contributed by atoms with Crippen molar-refractivity contribution in [1.82, 2.24) is 9.97 Å². The fourth-order valence-corrected chi connectivity index (χ4v) is 1.97. The number of nitrogens with two attached hydrogens (primary N) is 1. The van der Waals surface area contributed by atoms with Gasteiger partial charge in [-0.2, -0.15) is 0 Å². The van der Waals surface area contributed by atoms with Gasteiger partial charge in [0.15, 0.2) is 0 Å². The molecule has 0 aliphatic rings. The van der Waals surface area contributed by atoms with Crippen molar-refractivity contribution in [3.05, 3.63) is 36.3 Å². The van der Waals surface area contributed by atoms with E-state index in [2.05, 4.69) is 15.3 Å². The molecule has 5 nitrogen and oxygen atoms in total. The van der Waals surface area contributed by atoms with Gasteiger partial charge in [-0.15, -0.1) is 0 Å². The smallest absolute Gasteiger partial charge is 0.128 e. The van der Waals surface area contributed by atoms with E-state index in [0.717, 1.165) is 34.9 Å². The highest BCUT2D eigenvalue weighted by Gasteiger charge is 2.12. The topological polar surface area (TPSA) is 73.1 Å². The van der Waals surface area contributed by atoms with Crippen molar-refractivity contribution in [2.45, 2.75) is 13.3 Å². The normalized spacial score (nSPS) is 10.3. The maximum absolute atomic E-state index is 5.55. The molecule has 3 N–H and O–H groups in total. The molecule has 0 atom stereocenters. The second-order valence-electron chi connectivity index (χ2n) is 4.32. The molecule has 1 aromatic carbocycles. The number of nitrogens with zero attached hydrogens (tertiary/aromatic N) is 2. The molecule has 1 heterocycles. The fourth-order valence-electron chi connectivity index (χ4n) is 1.97. The molecule has 106 valence electrons. The molecule has 1 aromatic heterocycles. The number of ether oxygens (including phenoxy) is 1. The van der Waals surface area contributed by atoms with Crippen molar-refractivity contribution in [3.8, 4) is 17.0 Å². The summed E-state index contributed by atoms with van der Waals surface area (Å²) in [4.78, 5) is 8.97. The molecule has 0 aliphatic heterocycles. The van der Waals surface area contributed by atoms with Crippen LogP contribution >= 0.6 is 0 Å². The number of methoxy groups -OCH3 is 1. The third-order valence-electron chi connectivity index (χ3n) is 2.98. The van der Waals surface area contributed by atoms with Crippen molar-refractivity contribution >= 4 is 5.69 Å². The first-order valence-corrected chi connectivity index (χ1v) is 6.73. The van der Waals surface area contributed by atoms with Crippen molar-refractivity contribution in [2.24, 2.45) is 5.73 Å². The van der Waals surface area contributed by atoms with Crippen LogP contribution in [-0.4, -0.2) is 30.2 Å². The third kappa shape index (κ3) is 3.05. The monoisotopic (exact) mass is 272 g/mol. The Balaban J connectivity index is 2.51. The molecule has 0 aliphatic carbocycles. The number of hydrogen-bond acceptors (Lipinski definition) is 5. The number of para-hydroxylation sites is 1. The number of rotatable bonds is 6. The Morgan fingerprint density at radius 2 is 2.10 bits per heavy atom. The Morgan fingerprint density at radius 1 is 1.30 bits per heavy atom. The van der Waals surface area contributed by atoms with Gasteiger partial charge in [-0.3, -0.25) is 0 Å². The van der Waals surface area contributed by atoms with Crippen LogP contribution in [0.5, 0.6) is 5.75 Å². The van der Waals surface area contributed by atoms with Gasteiger partial charge in [-0.1, -0.05) is 19.1 Å². The van der Waals surface area contributed by atoms with E-state index in [4.69, 9.17) is 10.5 Å². The maximum atomic E-state index is 5.55. The van der Waals surface area contributed by atoms with E-state index < -0.39 is 0 Å². The minimum atomic E-state index is 0.556. The Morgan fingerprint density at radius 3 is 2.80 bits per heavy atom. The highest BCUT2D eigenvalue weighted by molar-refractivity contribution is 5.78. The van der Waals surface area contributed by atoms with Crippen molar-refractivity contribution in [3.63, 3.8) is 0 Å². The molecule has 0 spiro atoms. The van der Waals surface area contributed by atoms with Gasteiger partial charge in [0.1, 0.15) is 17.3 Å². The average Bonchev–Trinajstić information content (AvgIpc) is 2.52. The van der Waals surface area contributed by atoms with Gasteiger partial charge in [0.2, 0.25) is 0 Å². The lowest BCUT2D eigenvalue weighted by molar-refractivity contribution is 0.416. The molecule has 0 radical (unpaired) electrons. The number of benzene rings is 1. The number of nitrogens with one attached hydrogen (secondary N) is 1. The quantitative estimate of drug-likeness (QED) is 0.842. The van der Waals surface area contributed by atoms with Crippen LogP contribution in [-0.2, 0) is 6.42 Å². The van der Waals surface area contributed by atoms with E-state index in [-0.39, 0.29) is 0 Å². The second-order valence-corrected chi connectivity index (χ2v) is 4.32. The molecular formula is C15H20N4O. The van der Waals surface area contributed by atoms with Gasteiger partial charge in [0.25, 0.3) is 0 Å². The Hall–Kier alpha value is -2.14. The van der Waals surface area contributed by atoms with E-state index in [0.29, 0.717) is 13.1 Å². The molecule has 0 fully saturated rings. The van der Waals surface area contributed by atoms with Crippen LogP contribution in [0, 0.1) is 0 Å². The first-order chi connectivity index (χ1) is 9.80. The highest BCUT2D eigenvalue weighted by Crippen LogP contribution is 2.32. The zero-order chi connectivity index (χ0) is 14.4. The first kappa shape index (κ1) is 14.3. The van der Waals surface area contributed by atoms with Crippen LogP contribution in [0.3, 0.4) is 0 Å². The van der Waals surface area contributed by atoms with Gasteiger partial charge in [-0.05, 0) is 12.1 Å². The van der Waals surface area contributed by atoms with Gasteiger partial charge in [-0.25, -0.2) is 9.97 Å². The van der Waals surface area contributed by atoms with E-state index in [9.17, 15) is 0 Å². The Kier molecular flexibility index (Phi) is 4.90. The summed E-state index contributed by atoms with van der Waals surface area (Å²) in [5.74, 6) is 1.60. The maximum Gasteiger partial charge on any atom is 0.128 e. The Bertz CT molecular complexity index is 572. The summed E-state index contributed by atoms with van der Waals surface area (Å²) in [5, 5.41) is 3.26. The minimum Gasteiger partial charge on any atom is -0.496 e. The van der Waals surface area contributed by atoms with Crippen LogP contribution < -0.4 is 15.8 Å². The SMILES string of the molecule is CCc1ncc(NCCN)c(-c2ccccc2OC)n1. The molecule has 2 rings (SSSR count). The van der Waals surface area contributed by atoms with E-state index in [1.165, 1.54) is 0 Å². The number of aromatic nitrogens is 2. The Labute approximate surface area is 119 Å². The summed E-state index contributed by atoms with van der Waals surface area (Å²) < 4.78 is 5.42. The molecule has 0 saturated carbocycles. The summed E-state index contributed by atoms with van der Waals surface area (Å²) in [7, 11) is 1.66. The zero-order valence-electron chi connectivity index (χ0n) is 11.9. The number of aryl methyl sites for hydroxylation is 1. The van der Waals surface area contributed by atoms with Crippen LogP contribution in [0.2, 0.25) is 0 Å². The molecule has 0 saturated heterocycles. The summed E-state index contributed by atoms with van der Waals surface area (Å²) in [5.41, 5.74) is 8.22. The molecule has 2 aromatic rings. The number of anilines is 1. The van der Waals surface area contributed by atoms with Crippen LogP contribution in [0.1, 0.15) is 12.7 Å². The molecule has 0 amide bonds. The summed E-state index contributed by atoms with van der Waals surface area (Å²) in [6.45, 7) is 3.27. The van der Waals surface area contributed by atoms with Crippen molar-refractivity contribution in [1.29, 1.82) is 0 Å². The van der Waals surface area contributed by atoms with Crippen LogP contribution in [0.25, 0.3) is 11.3 Å². The lowest BCUT2D eigenvalue weighted by Gasteiger charge is -2.14. The molecule has 0 bridgehead atoms. The largest absolute Gasteiger partial charge is 0.496 e. The van der Waals surface area contributed by atoms with E-state index in [1.807, 2.05) is 37.4 Å². The molecule has 0 unspecified atom stereocenters. The van der Waals surface area contributed by atoms with Gasteiger partial charge >= 0.3 is 0 Å². The summed E-state index contributed by atoms with van der Waals surface area (Å²) >= 11 is 0. The van der Waals surface area contributed by atoms with Crippen LogP contribution in [0.15, 0.2) is 30.5 Å². The predicted octanol–water partition coefficient (Wildman–Crippen LogP) is 2.09. The molecular weight excluding hydrogens is 252 g/mol. The summed E-state index contributed by atoms with van der Waals surface area (Å²) in [6, 6.07) is 7.83. The fraction of sp³-hybridized carbons (Fsp3) is 0.333. The lowest BCUT2D eigenvalue weighted by Crippen LogP contribution is -2.14. The van der Waals surface area contributed by atoms with Crippen molar-refractivity contribution in [2.75, 3.05) is 25.5 Å². The van der Waals surface area contributed by atoms with E-state index >= 15 is 0 Å². The van der Waals surface area contributed by atoms with Crippen LogP contribution in [0.4, 0.5) is 5.69 Å². The minimum absolute atomic E-state index is 0.556.